The summed E-state index contributed by atoms with van der Waals surface area (Å²) in [6, 6.07) is 24.1. The van der Waals surface area contributed by atoms with Crippen molar-refractivity contribution < 1.29 is 19.1 Å². The van der Waals surface area contributed by atoms with Gasteiger partial charge in [-0.2, -0.15) is 0 Å². The molecule has 0 saturated heterocycles. The summed E-state index contributed by atoms with van der Waals surface area (Å²) in [7, 11) is 0. The highest BCUT2D eigenvalue weighted by Crippen LogP contribution is 2.24. The third kappa shape index (κ3) is 8.67. The number of hydrogen-bond donors (Lipinski definition) is 2. The molecule has 0 spiro atoms. The van der Waals surface area contributed by atoms with Gasteiger partial charge < -0.3 is 20.1 Å². The summed E-state index contributed by atoms with van der Waals surface area (Å²) in [5.74, 6) is 0.201. The van der Waals surface area contributed by atoms with Gasteiger partial charge in [-0.1, -0.05) is 68.1 Å². The fraction of sp³-hybridized carbons (Fsp3) is 0.355. The van der Waals surface area contributed by atoms with Crippen molar-refractivity contribution in [3.05, 3.63) is 90.0 Å². The largest absolute Gasteiger partial charge is 0.490 e. The van der Waals surface area contributed by atoms with Gasteiger partial charge in [0.25, 0.3) is 5.91 Å². The molecule has 4 rings (SSSR count). The summed E-state index contributed by atoms with van der Waals surface area (Å²) in [4.78, 5) is 25.1. The minimum atomic E-state index is -0.375. The van der Waals surface area contributed by atoms with Crippen LogP contribution in [0, 0.1) is 0 Å². The molecule has 0 unspecified atom stereocenters. The van der Waals surface area contributed by atoms with Gasteiger partial charge in [-0.05, 0) is 67.6 Å². The summed E-state index contributed by atoms with van der Waals surface area (Å²) in [6.07, 6.45) is 10.1. The molecule has 194 valence electrons. The van der Waals surface area contributed by atoms with Gasteiger partial charge in [0.15, 0.2) is 0 Å². The Hall–Kier alpha value is -3.80. The summed E-state index contributed by atoms with van der Waals surface area (Å²) >= 11 is 0. The number of benzene rings is 3. The zero-order valence-corrected chi connectivity index (χ0v) is 21.3. The zero-order valence-electron chi connectivity index (χ0n) is 21.3. The van der Waals surface area contributed by atoms with Gasteiger partial charge >= 0.3 is 5.97 Å². The minimum Gasteiger partial charge on any atom is -0.490 e. The minimum absolute atomic E-state index is 0.00702. The molecule has 3 aromatic carbocycles. The molecule has 1 aliphatic carbocycles. The molecule has 3 aromatic rings. The number of rotatable bonds is 9. The van der Waals surface area contributed by atoms with Crippen LogP contribution in [0.1, 0.15) is 67.3 Å². The van der Waals surface area contributed by atoms with Crippen LogP contribution in [0.15, 0.2) is 78.9 Å². The van der Waals surface area contributed by atoms with E-state index in [0.29, 0.717) is 16.9 Å². The Bertz CT molecular complexity index is 1120. The molecule has 1 saturated carbocycles. The van der Waals surface area contributed by atoms with E-state index in [-0.39, 0.29) is 31.1 Å². The third-order valence-corrected chi connectivity index (χ3v) is 6.56. The molecule has 2 N–H and O–H groups in total. The molecule has 6 nitrogen and oxygen atoms in total. The Kier molecular flexibility index (Phi) is 9.99. The number of para-hydroxylation sites is 2. The van der Waals surface area contributed by atoms with Gasteiger partial charge in [-0.25, -0.2) is 0 Å². The molecule has 1 fully saturated rings. The van der Waals surface area contributed by atoms with E-state index in [0.717, 1.165) is 24.2 Å². The lowest BCUT2D eigenvalue weighted by molar-refractivity contribution is -0.142. The third-order valence-electron chi connectivity index (χ3n) is 6.56. The zero-order chi connectivity index (χ0) is 25.7. The highest BCUT2D eigenvalue weighted by molar-refractivity contribution is 6.06. The second kappa shape index (κ2) is 14.1. The van der Waals surface area contributed by atoms with Gasteiger partial charge in [0.2, 0.25) is 0 Å². The van der Waals surface area contributed by atoms with Crippen molar-refractivity contribution in [3.63, 3.8) is 0 Å². The van der Waals surface area contributed by atoms with Crippen LogP contribution in [0.5, 0.6) is 5.75 Å². The lowest BCUT2D eigenvalue weighted by Crippen LogP contribution is -2.19. The lowest BCUT2D eigenvalue weighted by atomic mass is 10.1. The number of carbonyl (C=O) groups is 2. The van der Waals surface area contributed by atoms with Crippen LogP contribution in [-0.2, 0) is 16.1 Å². The quantitative estimate of drug-likeness (QED) is 0.310. The maximum absolute atomic E-state index is 12.9. The summed E-state index contributed by atoms with van der Waals surface area (Å²) in [5.41, 5.74) is 2.71. The normalized spacial score (nSPS) is 14.5. The molecule has 37 heavy (non-hydrogen) atoms. The molecule has 0 heterocycles. The van der Waals surface area contributed by atoms with Crippen molar-refractivity contribution in [1.82, 2.24) is 0 Å². The van der Waals surface area contributed by atoms with Crippen molar-refractivity contribution in [3.8, 4) is 5.75 Å². The van der Waals surface area contributed by atoms with Gasteiger partial charge in [-0.15, -0.1) is 0 Å². The molecule has 0 radical (unpaired) electrons. The predicted octanol–water partition coefficient (Wildman–Crippen LogP) is 6.98. The number of ether oxygens (including phenoxy) is 2. The van der Waals surface area contributed by atoms with E-state index in [1.54, 1.807) is 18.2 Å². The molecule has 0 atom stereocenters. The van der Waals surface area contributed by atoms with Crippen molar-refractivity contribution in [2.45, 2.75) is 64.1 Å². The fourth-order valence-electron chi connectivity index (χ4n) is 4.49. The Labute approximate surface area is 219 Å². The van der Waals surface area contributed by atoms with Crippen LogP contribution >= 0.6 is 0 Å². The van der Waals surface area contributed by atoms with E-state index in [1.165, 1.54) is 38.5 Å². The van der Waals surface area contributed by atoms with Crippen molar-refractivity contribution >= 4 is 23.3 Å². The van der Waals surface area contributed by atoms with Crippen LogP contribution in [0.2, 0.25) is 0 Å². The van der Waals surface area contributed by atoms with E-state index in [4.69, 9.17) is 9.47 Å². The smallest absolute Gasteiger partial charge is 0.325 e. The predicted molar refractivity (Wildman–Crippen MR) is 147 cm³/mol. The number of esters is 1. The molecule has 0 aliphatic heterocycles. The van der Waals surface area contributed by atoms with Gasteiger partial charge in [0, 0.05) is 5.56 Å². The maximum atomic E-state index is 12.9. The van der Waals surface area contributed by atoms with Crippen LogP contribution in [0.25, 0.3) is 0 Å². The number of anilines is 2. The van der Waals surface area contributed by atoms with E-state index in [2.05, 4.69) is 10.6 Å². The highest BCUT2D eigenvalue weighted by Gasteiger charge is 2.14. The fourth-order valence-corrected chi connectivity index (χ4v) is 4.49. The summed E-state index contributed by atoms with van der Waals surface area (Å²) < 4.78 is 11.6. The van der Waals surface area contributed by atoms with E-state index >= 15 is 0 Å². The van der Waals surface area contributed by atoms with E-state index in [1.807, 2.05) is 60.7 Å². The first-order valence-corrected chi connectivity index (χ1v) is 13.3. The van der Waals surface area contributed by atoms with E-state index in [9.17, 15) is 9.59 Å². The van der Waals surface area contributed by atoms with Gasteiger partial charge in [0.1, 0.15) is 18.9 Å². The van der Waals surface area contributed by atoms with Crippen molar-refractivity contribution in [2.75, 3.05) is 17.2 Å². The second-order valence-electron chi connectivity index (χ2n) is 9.46. The first-order chi connectivity index (χ1) is 18.2. The number of amides is 1. The SMILES string of the molecule is O=C(CNc1ccccc1NC(=O)c1ccc(OC2CCCCCCCC2)cc1)OCc1ccccc1. The topological polar surface area (TPSA) is 76.7 Å². The van der Waals surface area contributed by atoms with Gasteiger partial charge in [-0.3, -0.25) is 9.59 Å². The molecule has 1 aliphatic rings. The molecule has 0 aromatic heterocycles. The van der Waals surface area contributed by atoms with Gasteiger partial charge in [0.05, 0.1) is 17.5 Å². The monoisotopic (exact) mass is 500 g/mol. The Morgan fingerprint density at radius 2 is 1.35 bits per heavy atom. The van der Waals surface area contributed by atoms with Crippen molar-refractivity contribution in [1.29, 1.82) is 0 Å². The van der Waals surface area contributed by atoms with E-state index < -0.39 is 0 Å². The molecule has 6 heteroatoms. The Morgan fingerprint density at radius 1 is 0.730 bits per heavy atom. The first kappa shape index (κ1) is 26.3. The number of carbonyl (C=O) groups excluding carboxylic acids is 2. The Balaban J connectivity index is 1.28. The standard InChI is InChI=1S/C31H36N2O4/c34-30(36-23-24-12-6-5-7-13-24)22-32-28-16-10-11-17-29(28)33-31(35)25-18-20-27(21-19-25)37-26-14-8-3-1-2-4-9-15-26/h5-7,10-13,16-21,26,32H,1-4,8-9,14-15,22-23H2,(H,33,35). The molecule has 1 amide bonds. The lowest BCUT2D eigenvalue weighted by Gasteiger charge is -2.18. The average Bonchev–Trinajstić information content (AvgIpc) is 3.06. The van der Waals surface area contributed by atoms with Crippen LogP contribution in [0.3, 0.4) is 0 Å². The first-order valence-electron chi connectivity index (χ1n) is 13.3. The van der Waals surface area contributed by atoms with Crippen LogP contribution in [-0.4, -0.2) is 24.5 Å². The Morgan fingerprint density at radius 3 is 2.05 bits per heavy atom. The number of nitrogens with one attached hydrogen (secondary N) is 2. The average molecular weight is 501 g/mol. The maximum Gasteiger partial charge on any atom is 0.325 e. The number of hydrogen-bond acceptors (Lipinski definition) is 5. The van der Waals surface area contributed by atoms with Crippen LogP contribution in [0.4, 0.5) is 11.4 Å². The van der Waals surface area contributed by atoms with Crippen LogP contribution < -0.4 is 15.4 Å². The molecule has 0 bridgehead atoms. The van der Waals surface area contributed by atoms with Crippen molar-refractivity contribution in [2.24, 2.45) is 0 Å². The molecular formula is C31H36N2O4. The summed E-state index contributed by atoms with van der Waals surface area (Å²) in [5, 5.41) is 6.00. The molecular weight excluding hydrogens is 464 g/mol. The summed E-state index contributed by atoms with van der Waals surface area (Å²) in [6.45, 7) is 0.215. The highest BCUT2D eigenvalue weighted by atomic mass is 16.5. The second-order valence-corrected chi connectivity index (χ2v) is 9.46.